The first-order valence-electron chi connectivity index (χ1n) is 13.8. The highest BCUT2D eigenvalue weighted by molar-refractivity contribution is 6.04. The molecule has 0 unspecified atom stereocenters. The maximum atomic E-state index is 14.4. The molecule has 0 atom stereocenters. The molecule has 6 heteroatoms. The topological polar surface area (TPSA) is 60.7 Å². The fourth-order valence-corrected chi connectivity index (χ4v) is 6.14. The van der Waals surface area contributed by atoms with Gasteiger partial charge in [0.2, 0.25) is 0 Å². The predicted molar refractivity (Wildman–Crippen MR) is 159 cm³/mol. The van der Waals surface area contributed by atoms with E-state index in [0.29, 0.717) is 12.2 Å². The van der Waals surface area contributed by atoms with Crippen LogP contribution in [0.3, 0.4) is 0 Å². The first kappa shape index (κ1) is 26.8. The highest BCUT2D eigenvalue weighted by Crippen LogP contribution is 2.53. The second-order valence-corrected chi connectivity index (χ2v) is 11.1. The van der Waals surface area contributed by atoms with Crippen LogP contribution >= 0.6 is 0 Å². The summed E-state index contributed by atoms with van der Waals surface area (Å²) < 4.78 is 28.9. The third-order valence-corrected chi connectivity index (χ3v) is 8.27. The van der Waals surface area contributed by atoms with Gasteiger partial charge >= 0.3 is 5.97 Å². The van der Waals surface area contributed by atoms with Crippen LogP contribution in [0.1, 0.15) is 46.9 Å². The number of fused-ring (bicyclic) bond motifs is 1. The van der Waals surface area contributed by atoms with Gasteiger partial charge in [0.1, 0.15) is 18.2 Å². The molecule has 208 valence electrons. The molecule has 5 aromatic rings. The van der Waals surface area contributed by atoms with Crippen molar-refractivity contribution in [1.29, 1.82) is 0 Å². The molecule has 0 amide bonds. The molecule has 1 N–H and O–H groups in total. The van der Waals surface area contributed by atoms with Crippen molar-refractivity contribution >= 4 is 16.9 Å². The van der Waals surface area contributed by atoms with Crippen LogP contribution in [0.2, 0.25) is 0 Å². The van der Waals surface area contributed by atoms with Gasteiger partial charge in [-0.1, -0.05) is 55.5 Å². The molecule has 1 fully saturated rings. The zero-order valence-corrected chi connectivity index (χ0v) is 23.4. The number of carboxylic acid groups (broad SMARTS) is 1. The van der Waals surface area contributed by atoms with Crippen LogP contribution < -0.4 is 4.74 Å². The molecule has 0 radical (unpaired) electrons. The molecule has 1 aliphatic carbocycles. The molecule has 1 aromatic heterocycles. The number of hydrogen-bond acceptors (Lipinski definition) is 3. The molecule has 6 rings (SSSR count). The van der Waals surface area contributed by atoms with Crippen molar-refractivity contribution in [2.75, 3.05) is 7.11 Å². The molecule has 41 heavy (non-hydrogen) atoms. The number of nitrogens with zero attached hydrogens (tertiary/aromatic N) is 1. The van der Waals surface area contributed by atoms with E-state index in [1.807, 2.05) is 66.7 Å². The Bertz CT molecular complexity index is 1730. The van der Waals surface area contributed by atoms with Crippen LogP contribution in [-0.4, -0.2) is 28.9 Å². The smallest absolute Gasteiger partial charge is 0.335 e. The van der Waals surface area contributed by atoms with Gasteiger partial charge in [0.15, 0.2) is 0 Å². The van der Waals surface area contributed by atoms with E-state index in [0.717, 1.165) is 57.6 Å². The molecule has 0 aliphatic heterocycles. The zero-order valence-electron chi connectivity index (χ0n) is 23.4. The number of aryl methyl sites for hydroxylation is 1. The van der Waals surface area contributed by atoms with Crippen LogP contribution in [0.15, 0.2) is 91.0 Å². The number of aromatic nitrogens is 1. The minimum Gasteiger partial charge on any atom is -0.488 e. The largest absolute Gasteiger partial charge is 0.488 e. The fraction of sp³-hybridized carbons (Fsp3) is 0.229. The van der Waals surface area contributed by atoms with Crippen molar-refractivity contribution in [3.8, 4) is 22.6 Å². The number of hydrogen-bond donors (Lipinski definition) is 1. The number of halogens is 1. The van der Waals surface area contributed by atoms with E-state index in [2.05, 4.69) is 17.6 Å². The van der Waals surface area contributed by atoms with E-state index in [9.17, 15) is 14.3 Å². The van der Waals surface area contributed by atoms with E-state index in [4.69, 9.17) is 9.47 Å². The normalized spacial score (nSPS) is 18.3. The highest BCUT2D eigenvalue weighted by Gasteiger charge is 2.46. The van der Waals surface area contributed by atoms with Crippen molar-refractivity contribution in [1.82, 2.24) is 4.57 Å². The Morgan fingerprint density at radius 2 is 1.73 bits per heavy atom. The number of methoxy groups -OCH3 is 1. The van der Waals surface area contributed by atoms with Gasteiger partial charge in [0.05, 0.1) is 22.6 Å². The second kappa shape index (κ2) is 10.5. The summed E-state index contributed by atoms with van der Waals surface area (Å²) in [6.45, 7) is 4.41. The summed E-state index contributed by atoms with van der Waals surface area (Å²) in [6.07, 6.45) is 1.78. The summed E-state index contributed by atoms with van der Waals surface area (Å²) in [5.74, 6) is -0.493. The van der Waals surface area contributed by atoms with Crippen molar-refractivity contribution in [2.45, 2.75) is 44.8 Å². The lowest BCUT2D eigenvalue weighted by Crippen LogP contribution is -2.44. The molecule has 1 saturated carbocycles. The molecular weight excluding hydrogens is 517 g/mol. The number of aromatic carboxylic acids is 1. The maximum absolute atomic E-state index is 14.4. The van der Waals surface area contributed by atoms with Gasteiger partial charge in [-0.15, -0.1) is 0 Å². The molecule has 5 nitrogen and oxygen atoms in total. The lowest BCUT2D eigenvalue weighted by atomic mass is 9.64. The summed E-state index contributed by atoms with van der Waals surface area (Å²) in [6, 6.07) is 28.3. The van der Waals surface area contributed by atoms with E-state index in [1.165, 1.54) is 6.07 Å². The Kier molecular flexibility index (Phi) is 6.88. The number of ether oxygens (including phenoxy) is 2. The zero-order chi connectivity index (χ0) is 28.7. The van der Waals surface area contributed by atoms with Crippen LogP contribution in [0.4, 0.5) is 4.39 Å². The fourth-order valence-electron chi connectivity index (χ4n) is 6.14. The maximum Gasteiger partial charge on any atom is 0.335 e. The molecule has 4 aromatic carbocycles. The molecule has 1 aliphatic rings. The Labute approximate surface area is 238 Å². The summed E-state index contributed by atoms with van der Waals surface area (Å²) in [5, 5.41) is 10.5. The van der Waals surface area contributed by atoms with Gasteiger partial charge in [-0.05, 0) is 78.9 Å². The van der Waals surface area contributed by atoms with Crippen molar-refractivity contribution < 1.29 is 23.8 Å². The second-order valence-electron chi connectivity index (χ2n) is 11.1. The quantitative estimate of drug-likeness (QED) is 0.213. The molecule has 0 spiro atoms. The summed E-state index contributed by atoms with van der Waals surface area (Å²) in [4.78, 5) is 11.7. The average Bonchev–Trinajstić information content (AvgIpc) is 3.32. The first-order chi connectivity index (χ1) is 19.8. The lowest BCUT2D eigenvalue weighted by molar-refractivity contribution is -0.0129. The van der Waals surface area contributed by atoms with E-state index >= 15 is 0 Å². The molecular formula is C35H32FNO4. The Balaban J connectivity index is 1.65. The van der Waals surface area contributed by atoms with Crippen LogP contribution in [0.5, 0.6) is 5.75 Å². The monoisotopic (exact) mass is 549 g/mol. The van der Waals surface area contributed by atoms with Gasteiger partial charge in [-0.2, -0.15) is 0 Å². The Morgan fingerprint density at radius 1 is 1.00 bits per heavy atom. The van der Waals surface area contributed by atoms with Crippen LogP contribution in [0.25, 0.3) is 27.7 Å². The third-order valence-electron chi connectivity index (χ3n) is 8.27. The third kappa shape index (κ3) is 4.78. The number of carbonyl (C=O) groups is 1. The van der Waals surface area contributed by atoms with Crippen LogP contribution in [-0.2, 0) is 16.8 Å². The van der Waals surface area contributed by atoms with Gasteiger partial charge in [0, 0.05) is 29.5 Å². The Hall–Kier alpha value is -4.42. The number of rotatable bonds is 8. The van der Waals surface area contributed by atoms with Gasteiger partial charge in [-0.3, -0.25) is 0 Å². The minimum absolute atomic E-state index is 0.137. The van der Waals surface area contributed by atoms with Gasteiger partial charge in [-0.25, -0.2) is 9.18 Å². The standard InChI is InChI=1S/C35H32FNO4/c1-22-18-26(16-17-28(22)36)37-29-10-7-11-30(41-21-23-8-5-4-6-9-23)32(29)31(24-12-14-25(15-13-24)34(38)39)33(37)35(2)19-27(20-35)40-3/h4-18,27H,19-21H2,1-3H3,(H,38,39). The van der Waals surface area contributed by atoms with Crippen LogP contribution in [0, 0.1) is 12.7 Å². The van der Waals surface area contributed by atoms with Crippen molar-refractivity contribution in [2.24, 2.45) is 0 Å². The highest BCUT2D eigenvalue weighted by atomic mass is 19.1. The summed E-state index contributed by atoms with van der Waals surface area (Å²) in [7, 11) is 1.74. The number of carboxylic acids is 1. The van der Waals surface area contributed by atoms with Gasteiger partial charge in [0.25, 0.3) is 0 Å². The molecule has 0 bridgehead atoms. The van der Waals surface area contributed by atoms with E-state index in [1.54, 1.807) is 26.2 Å². The van der Waals surface area contributed by atoms with Gasteiger partial charge < -0.3 is 19.1 Å². The predicted octanol–water partition coefficient (Wildman–Crippen LogP) is 8.09. The first-order valence-corrected chi connectivity index (χ1v) is 13.8. The SMILES string of the molecule is COC1CC(C)(c2c(-c3ccc(C(=O)O)cc3)c3c(OCc4ccccc4)cccc3n2-c2ccc(F)c(C)c2)C1. The Morgan fingerprint density at radius 3 is 2.39 bits per heavy atom. The summed E-state index contributed by atoms with van der Waals surface area (Å²) >= 11 is 0. The van der Waals surface area contributed by atoms with Crippen molar-refractivity contribution in [3.63, 3.8) is 0 Å². The van der Waals surface area contributed by atoms with E-state index in [-0.39, 0.29) is 22.9 Å². The van der Waals surface area contributed by atoms with E-state index < -0.39 is 5.97 Å². The molecule has 1 heterocycles. The average molecular weight is 550 g/mol. The number of benzene rings is 4. The summed E-state index contributed by atoms with van der Waals surface area (Å²) in [5.41, 5.74) is 6.35. The minimum atomic E-state index is -0.971. The lowest BCUT2D eigenvalue weighted by Gasteiger charge is -2.45. The van der Waals surface area contributed by atoms with Crippen molar-refractivity contribution in [3.05, 3.63) is 119 Å². The molecule has 0 saturated heterocycles.